The lowest BCUT2D eigenvalue weighted by atomic mass is 10.1. The van der Waals surface area contributed by atoms with Crippen LogP contribution in [0.15, 0.2) is 24.3 Å². The van der Waals surface area contributed by atoms with Crippen molar-refractivity contribution in [1.29, 1.82) is 0 Å². The summed E-state index contributed by atoms with van der Waals surface area (Å²) in [6.45, 7) is 0.505. The van der Waals surface area contributed by atoms with Gasteiger partial charge in [0.15, 0.2) is 0 Å². The number of hydrogen-bond acceptors (Lipinski definition) is 3. The Morgan fingerprint density at radius 3 is 2.45 bits per heavy atom. The van der Waals surface area contributed by atoms with Gasteiger partial charge in [-0.05, 0) is 24.1 Å². The Kier molecular flexibility index (Phi) is 2.89. The van der Waals surface area contributed by atoms with Gasteiger partial charge < -0.3 is 9.94 Å². The summed E-state index contributed by atoms with van der Waals surface area (Å²) < 4.78 is 0. The van der Waals surface area contributed by atoms with E-state index in [9.17, 15) is 0 Å². The zero-order chi connectivity index (χ0) is 8.10. The Morgan fingerprint density at radius 1 is 1.27 bits per heavy atom. The van der Waals surface area contributed by atoms with Crippen LogP contribution in [0.5, 0.6) is 5.75 Å². The monoisotopic (exact) mass is 153 g/mol. The predicted molar refractivity (Wildman–Crippen MR) is 42.0 cm³/mol. The first-order chi connectivity index (χ1) is 5.33. The van der Waals surface area contributed by atoms with Gasteiger partial charge in [0.2, 0.25) is 0 Å². The number of hydrogen-bond donors (Lipinski definition) is 2. The van der Waals surface area contributed by atoms with E-state index < -0.39 is 0 Å². The van der Waals surface area contributed by atoms with Gasteiger partial charge in [-0.1, -0.05) is 12.1 Å². The zero-order valence-corrected chi connectivity index (χ0v) is 6.16. The third-order valence-corrected chi connectivity index (χ3v) is 1.44. The van der Waals surface area contributed by atoms with Crippen molar-refractivity contribution >= 4 is 0 Å². The van der Waals surface area contributed by atoms with Gasteiger partial charge >= 0.3 is 0 Å². The van der Waals surface area contributed by atoms with Crippen molar-refractivity contribution < 1.29 is 9.94 Å². The Balaban J connectivity index is 2.52. The Hall–Kier alpha value is -1.06. The largest absolute Gasteiger partial charge is 0.508 e. The standard InChI is InChI=1S/C8H11NO2/c9-11-6-5-7-1-3-8(10)4-2-7/h1-4,10H,5-6,9H2. The molecule has 3 heteroatoms. The molecular weight excluding hydrogens is 142 g/mol. The van der Waals surface area contributed by atoms with E-state index >= 15 is 0 Å². The number of phenolic OH excluding ortho intramolecular Hbond substituents is 1. The summed E-state index contributed by atoms with van der Waals surface area (Å²) >= 11 is 0. The summed E-state index contributed by atoms with van der Waals surface area (Å²) in [5.74, 6) is 5.14. The molecule has 1 aromatic rings. The molecule has 0 spiro atoms. The van der Waals surface area contributed by atoms with Crippen LogP contribution in [0, 0.1) is 0 Å². The lowest BCUT2D eigenvalue weighted by Gasteiger charge is -1.98. The highest BCUT2D eigenvalue weighted by Gasteiger charge is 1.91. The van der Waals surface area contributed by atoms with Crippen LogP contribution < -0.4 is 5.90 Å². The lowest BCUT2D eigenvalue weighted by Crippen LogP contribution is -2.03. The van der Waals surface area contributed by atoms with Crippen LogP contribution >= 0.6 is 0 Å². The molecule has 0 atom stereocenters. The molecule has 0 bridgehead atoms. The molecule has 3 nitrogen and oxygen atoms in total. The second-order valence-electron chi connectivity index (χ2n) is 2.29. The van der Waals surface area contributed by atoms with E-state index in [4.69, 9.17) is 11.0 Å². The molecule has 0 saturated heterocycles. The van der Waals surface area contributed by atoms with Gasteiger partial charge in [0, 0.05) is 0 Å². The minimum Gasteiger partial charge on any atom is -0.508 e. The molecular formula is C8H11NO2. The Morgan fingerprint density at radius 2 is 1.91 bits per heavy atom. The fourth-order valence-corrected chi connectivity index (χ4v) is 0.839. The van der Waals surface area contributed by atoms with Crippen LogP contribution in [-0.4, -0.2) is 11.7 Å². The summed E-state index contributed by atoms with van der Waals surface area (Å²) in [4.78, 5) is 4.41. The normalized spacial score (nSPS) is 9.91. The lowest BCUT2D eigenvalue weighted by molar-refractivity contribution is 0.141. The van der Waals surface area contributed by atoms with Crippen LogP contribution in [0.3, 0.4) is 0 Å². The van der Waals surface area contributed by atoms with Crippen molar-refractivity contribution in [3.8, 4) is 5.75 Å². The van der Waals surface area contributed by atoms with Gasteiger partial charge in [0.05, 0.1) is 6.61 Å². The van der Waals surface area contributed by atoms with E-state index in [1.54, 1.807) is 12.1 Å². The molecule has 3 N–H and O–H groups in total. The number of nitrogens with two attached hydrogens (primary N) is 1. The van der Waals surface area contributed by atoms with Crippen molar-refractivity contribution in [3.05, 3.63) is 29.8 Å². The van der Waals surface area contributed by atoms with Gasteiger partial charge in [0.25, 0.3) is 0 Å². The molecule has 11 heavy (non-hydrogen) atoms. The maximum atomic E-state index is 8.93. The van der Waals surface area contributed by atoms with Gasteiger partial charge in [-0.15, -0.1) is 0 Å². The summed E-state index contributed by atoms with van der Waals surface area (Å²) in [6, 6.07) is 6.97. The smallest absolute Gasteiger partial charge is 0.115 e. The maximum absolute atomic E-state index is 8.93. The number of phenols is 1. The van der Waals surface area contributed by atoms with Crippen molar-refractivity contribution in [2.24, 2.45) is 5.90 Å². The fourth-order valence-electron chi connectivity index (χ4n) is 0.839. The fraction of sp³-hybridized carbons (Fsp3) is 0.250. The van der Waals surface area contributed by atoms with Gasteiger partial charge in [-0.3, -0.25) is 0 Å². The molecule has 0 unspecified atom stereocenters. The summed E-state index contributed by atoms with van der Waals surface area (Å²) in [7, 11) is 0. The minimum absolute atomic E-state index is 0.280. The van der Waals surface area contributed by atoms with Crippen LogP contribution in [0.1, 0.15) is 5.56 Å². The molecule has 1 rings (SSSR count). The van der Waals surface area contributed by atoms with E-state index in [0.717, 1.165) is 12.0 Å². The van der Waals surface area contributed by atoms with Crippen LogP contribution in [0.2, 0.25) is 0 Å². The first kappa shape index (κ1) is 8.04. The highest BCUT2D eigenvalue weighted by Crippen LogP contribution is 2.09. The SMILES string of the molecule is NOCCc1ccc(O)cc1. The molecule has 1 aromatic carbocycles. The van der Waals surface area contributed by atoms with Crippen molar-refractivity contribution in [2.75, 3.05) is 6.61 Å². The second kappa shape index (κ2) is 3.95. The third kappa shape index (κ3) is 2.57. The van der Waals surface area contributed by atoms with Gasteiger partial charge in [-0.2, -0.15) is 0 Å². The van der Waals surface area contributed by atoms with Gasteiger partial charge in [-0.25, -0.2) is 5.90 Å². The van der Waals surface area contributed by atoms with Crippen LogP contribution in [0.25, 0.3) is 0 Å². The Labute approximate surface area is 65.4 Å². The first-order valence-electron chi connectivity index (χ1n) is 3.42. The molecule has 0 amide bonds. The molecule has 0 saturated carbocycles. The number of aromatic hydroxyl groups is 1. The molecule has 0 heterocycles. The third-order valence-electron chi connectivity index (χ3n) is 1.44. The van der Waals surface area contributed by atoms with E-state index in [1.807, 2.05) is 12.1 Å². The molecule has 0 aliphatic heterocycles. The van der Waals surface area contributed by atoms with E-state index in [2.05, 4.69) is 4.84 Å². The number of benzene rings is 1. The van der Waals surface area contributed by atoms with Crippen molar-refractivity contribution in [3.63, 3.8) is 0 Å². The van der Waals surface area contributed by atoms with E-state index in [-0.39, 0.29) is 5.75 Å². The van der Waals surface area contributed by atoms with Crippen molar-refractivity contribution in [1.82, 2.24) is 0 Å². The zero-order valence-electron chi connectivity index (χ0n) is 6.16. The van der Waals surface area contributed by atoms with Crippen LogP contribution in [0.4, 0.5) is 0 Å². The molecule has 0 aliphatic carbocycles. The van der Waals surface area contributed by atoms with E-state index in [1.165, 1.54) is 0 Å². The van der Waals surface area contributed by atoms with Crippen LogP contribution in [-0.2, 0) is 11.3 Å². The number of rotatable bonds is 3. The molecule has 0 aliphatic rings. The average Bonchev–Trinajstić information content (AvgIpc) is 2.04. The van der Waals surface area contributed by atoms with E-state index in [0.29, 0.717) is 6.61 Å². The summed E-state index contributed by atoms with van der Waals surface area (Å²) in [5.41, 5.74) is 1.10. The molecule has 0 aromatic heterocycles. The topological polar surface area (TPSA) is 55.5 Å². The quantitative estimate of drug-likeness (QED) is 0.632. The first-order valence-corrected chi connectivity index (χ1v) is 3.42. The molecule has 60 valence electrons. The van der Waals surface area contributed by atoms with Gasteiger partial charge in [0.1, 0.15) is 5.75 Å². The summed E-state index contributed by atoms with van der Waals surface area (Å²) in [5, 5.41) is 8.93. The Bertz CT molecular complexity index is 208. The van der Waals surface area contributed by atoms with Crippen molar-refractivity contribution in [2.45, 2.75) is 6.42 Å². The average molecular weight is 153 g/mol. The molecule has 0 fully saturated rings. The maximum Gasteiger partial charge on any atom is 0.115 e. The highest BCUT2D eigenvalue weighted by molar-refractivity contribution is 5.25. The highest BCUT2D eigenvalue weighted by atomic mass is 16.6. The second-order valence-corrected chi connectivity index (χ2v) is 2.29. The predicted octanol–water partition coefficient (Wildman–Crippen LogP) is 0.825. The minimum atomic E-state index is 0.280. The summed E-state index contributed by atoms with van der Waals surface area (Å²) in [6.07, 6.45) is 0.775. The molecule has 0 radical (unpaired) electrons.